The van der Waals surface area contributed by atoms with Crippen molar-refractivity contribution in [2.75, 3.05) is 5.32 Å². The van der Waals surface area contributed by atoms with E-state index < -0.39 is 6.10 Å². The predicted molar refractivity (Wildman–Crippen MR) is 94.2 cm³/mol. The molecule has 0 radical (unpaired) electrons. The molecule has 0 spiro atoms. The largest absolute Gasteiger partial charge is 0.463 e. The third-order valence-corrected chi connectivity index (χ3v) is 3.78. The van der Waals surface area contributed by atoms with E-state index in [1.807, 2.05) is 30.3 Å². The zero-order chi connectivity index (χ0) is 16.9. The average Bonchev–Trinajstić information content (AvgIpc) is 2.97. The summed E-state index contributed by atoms with van der Waals surface area (Å²) in [5.74, 6) is 0.532. The van der Waals surface area contributed by atoms with Gasteiger partial charge >= 0.3 is 0 Å². The van der Waals surface area contributed by atoms with Crippen molar-refractivity contribution < 1.29 is 9.53 Å². The molecule has 0 saturated heterocycles. The van der Waals surface area contributed by atoms with Gasteiger partial charge in [-0.05, 0) is 47.1 Å². The number of para-hydroxylation sites is 1. The number of anilines is 1. The minimum Gasteiger partial charge on any atom is -0.463 e. The Kier molecular flexibility index (Phi) is 4.90. The van der Waals surface area contributed by atoms with E-state index in [9.17, 15) is 4.79 Å². The molecule has 0 aliphatic carbocycles. The third kappa shape index (κ3) is 3.80. The van der Waals surface area contributed by atoms with Gasteiger partial charge in [0.2, 0.25) is 5.88 Å². The van der Waals surface area contributed by atoms with E-state index in [1.54, 1.807) is 42.2 Å². The van der Waals surface area contributed by atoms with E-state index in [0.717, 1.165) is 5.69 Å². The highest BCUT2D eigenvalue weighted by Gasteiger charge is 2.19. The van der Waals surface area contributed by atoms with Gasteiger partial charge in [-0.1, -0.05) is 24.3 Å². The van der Waals surface area contributed by atoms with Gasteiger partial charge in [0.05, 0.1) is 10.2 Å². The van der Waals surface area contributed by atoms with Crippen molar-refractivity contribution in [3.8, 4) is 11.6 Å². The van der Waals surface area contributed by atoms with Crippen LogP contribution < -0.4 is 10.1 Å². The van der Waals surface area contributed by atoms with Crippen molar-refractivity contribution >= 4 is 27.7 Å². The van der Waals surface area contributed by atoms with Crippen molar-refractivity contribution in [3.05, 3.63) is 65.4 Å². The summed E-state index contributed by atoms with van der Waals surface area (Å²) in [5, 5.41) is 7.06. The monoisotopic (exact) mass is 386 g/mol. The third-order valence-electron chi connectivity index (χ3n) is 3.23. The smallest absolute Gasteiger partial charge is 0.266 e. The standard InChI is InChI=1S/C17H15BrN4O2/c1-12(16(23)20-15-9-5-6-10-19-15)24-17-14(18)11-22(21-17)13-7-3-2-4-8-13/h2-12H,1H3,(H,19,20,23)/t12-/m0/s1. The maximum absolute atomic E-state index is 12.2. The summed E-state index contributed by atoms with van der Waals surface area (Å²) in [6.07, 6.45) is 2.68. The number of nitrogens with zero attached hydrogens (tertiary/aromatic N) is 3. The number of ether oxygens (including phenoxy) is 1. The van der Waals surface area contributed by atoms with Gasteiger partial charge in [-0.3, -0.25) is 4.79 Å². The molecule has 0 saturated carbocycles. The highest BCUT2D eigenvalue weighted by Crippen LogP contribution is 2.25. The van der Waals surface area contributed by atoms with Crippen LogP contribution in [0.2, 0.25) is 0 Å². The molecule has 0 fully saturated rings. The Bertz CT molecular complexity index is 821. The topological polar surface area (TPSA) is 69.0 Å². The summed E-state index contributed by atoms with van der Waals surface area (Å²) in [4.78, 5) is 16.2. The van der Waals surface area contributed by atoms with Crippen LogP contribution in [0.5, 0.6) is 5.88 Å². The fraction of sp³-hybridized carbons (Fsp3) is 0.118. The fourth-order valence-corrected chi connectivity index (χ4v) is 2.38. The summed E-state index contributed by atoms with van der Waals surface area (Å²) in [5.41, 5.74) is 0.902. The molecule has 2 heterocycles. The molecule has 1 aromatic carbocycles. The first-order valence-corrected chi connectivity index (χ1v) is 8.12. The second-order valence-corrected chi connectivity index (χ2v) is 5.88. The van der Waals surface area contributed by atoms with E-state index in [1.165, 1.54) is 0 Å². The molecular weight excluding hydrogens is 372 g/mol. The predicted octanol–water partition coefficient (Wildman–Crippen LogP) is 3.44. The van der Waals surface area contributed by atoms with Crippen molar-refractivity contribution in [3.63, 3.8) is 0 Å². The van der Waals surface area contributed by atoms with Crippen LogP contribution in [0.15, 0.2) is 65.4 Å². The number of benzene rings is 1. The molecule has 1 N–H and O–H groups in total. The lowest BCUT2D eigenvalue weighted by Gasteiger charge is -2.12. The van der Waals surface area contributed by atoms with E-state index in [2.05, 4.69) is 31.3 Å². The molecule has 1 amide bonds. The average molecular weight is 387 g/mol. The van der Waals surface area contributed by atoms with Gasteiger partial charge in [-0.15, -0.1) is 5.10 Å². The van der Waals surface area contributed by atoms with Crippen molar-refractivity contribution in [2.45, 2.75) is 13.0 Å². The molecule has 1 atom stereocenters. The highest BCUT2D eigenvalue weighted by atomic mass is 79.9. The Balaban J connectivity index is 1.69. The van der Waals surface area contributed by atoms with Crippen LogP contribution >= 0.6 is 15.9 Å². The zero-order valence-electron chi connectivity index (χ0n) is 12.9. The van der Waals surface area contributed by atoms with E-state index in [0.29, 0.717) is 16.2 Å². The fourth-order valence-electron chi connectivity index (χ4n) is 2.02. The first kappa shape index (κ1) is 16.2. The summed E-state index contributed by atoms with van der Waals surface area (Å²) >= 11 is 3.41. The number of pyridine rings is 1. The number of nitrogens with one attached hydrogen (secondary N) is 1. The minimum absolute atomic E-state index is 0.296. The number of carbonyl (C=O) groups is 1. The number of rotatable bonds is 5. The van der Waals surface area contributed by atoms with Crippen LogP contribution in [0.1, 0.15) is 6.92 Å². The van der Waals surface area contributed by atoms with Gasteiger partial charge in [-0.25, -0.2) is 9.67 Å². The number of amides is 1. The second kappa shape index (κ2) is 7.27. The van der Waals surface area contributed by atoms with Crippen LogP contribution in [0.3, 0.4) is 0 Å². The van der Waals surface area contributed by atoms with E-state index >= 15 is 0 Å². The maximum Gasteiger partial charge on any atom is 0.266 e. The first-order chi connectivity index (χ1) is 11.6. The van der Waals surface area contributed by atoms with Crippen LogP contribution in [-0.2, 0) is 4.79 Å². The normalized spacial score (nSPS) is 11.8. The maximum atomic E-state index is 12.2. The molecule has 3 rings (SSSR count). The Morgan fingerprint density at radius 3 is 2.67 bits per heavy atom. The summed E-state index contributed by atoms with van der Waals surface area (Å²) in [7, 11) is 0. The molecule has 0 aliphatic heterocycles. The summed E-state index contributed by atoms with van der Waals surface area (Å²) < 4.78 is 8.02. The van der Waals surface area contributed by atoms with Gasteiger partial charge in [-0.2, -0.15) is 0 Å². The van der Waals surface area contributed by atoms with Crippen LogP contribution in [0, 0.1) is 0 Å². The SMILES string of the molecule is C[C@H](Oc1nn(-c2ccccc2)cc1Br)C(=O)Nc1ccccn1. The van der Waals surface area contributed by atoms with Gasteiger partial charge in [0.1, 0.15) is 5.82 Å². The molecule has 0 aliphatic rings. The number of carbonyl (C=O) groups excluding carboxylic acids is 1. The number of halogens is 1. The van der Waals surface area contributed by atoms with E-state index in [4.69, 9.17) is 4.74 Å². The van der Waals surface area contributed by atoms with Crippen LogP contribution in [0.25, 0.3) is 5.69 Å². The molecule has 0 unspecified atom stereocenters. The van der Waals surface area contributed by atoms with Gasteiger partial charge in [0.25, 0.3) is 5.91 Å². The second-order valence-electron chi connectivity index (χ2n) is 5.03. The number of hydrogen-bond donors (Lipinski definition) is 1. The van der Waals surface area contributed by atoms with Crippen LogP contribution in [-0.4, -0.2) is 26.8 Å². The Labute approximate surface area is 147 Å². The molecule has 7 heteroatoms. The van der Waals surface area contributed by atoms with E-state index in [-0.39, 0.29) is 5.91 Å². The lowest BCUT2D eigenvalue weighted by atomic mass is 10.3. The number of hydrogen-bond acceptors (Lipinski definition) is 4. The number of aromatic nitrogens is 3. The quantitative estimate of drug-likeness (QED) is 0.728. The molecule has 122 valence electrons. The van der Waals surface area contributed by atoms with Crippen molar-refractivity contribution in [1.29, 1.82) is 0 Å². The Morgan fingerprint density at radius 1 is 1.21 bits per heavy atom. The summed E-state index contributed by atoms with van der Waals surface area (Å²) in [6.45, 7) is 1.66. The van der Waals surface area contributed by atoms with Crippen molar-refractivity contribution in [1.82, 2.24) is 14.8 Å². The molecular formula is C17H15BrN4O2. The van der Waals surface area contributed by atoms with Crippen LogP contribution in [0.4, 0.5) is 5.82 Å². The van der Waals surface area contributed by atoms with Gasteiger partial charge in [0.15, 0.2) is 6.10 Å². The lowest BCUT2D eigenvalue weighted by Crippen LogP contribution is -2.30. The lowest BCUT2D eigenvalue weighted by molar-refractivity contribution is -0.122. The first-order valence-electron chi connectivity index (χ1n) is 7.32. The Morgan fingerprint density at radius 2 is 1.96 bits per heavy atom. The zero-order valence-corrected chi connectivity index (χ0v) is 14.5. The van der Waals surface area contributed by atoms with Gasteiger partial charge < -0.3 is 10.1 Å². The van der Waals surface area contributed by atoms with Crippen molar-refractivity contribution in [2.24, 2.45) is 0 Å². The Hall–Kier alpha value is -2.67. The molecule has 24 heavy (non-hydrogen) atoms. The van der Waals surface area contributed by atoms with Gasteiger partial charge in [0, 0.05) is 12.4 Å². The summed E-state index contributed by atoms with van der Waals surface area (Å²) in [6, 6.07) is 14.9. The molecule has 2 aromatic heterocycles. The molecule has 3 aromatic rings. The minimum atomic E-state index is -0.720. The highest BCUT2D eigenvalue weighted by molar-refractivity contribution is 9.10. The molecule has 0 bridgehead atoms. The molecule has 6 nitrogen and oxygen atoms in total.